The molecule has 0 radical (unpaired) electrons. The highest BCUT2D eigenvalue weighted by atomic mass is 16.5. The normalized spacial score (nSPS) is 21.9. The predicted octanol–water partition coefficient (Wildman–Crippen LogP) is 2.25. The Balaban J connectivity index is 1.69. The molecule has 3 rings (SSSR count). The zero-order valence-electron chi connectivity index (χ0n) is 11.0. The van der Waals surface area contributed by atoms with Gasteiger partial charge in [0.1, 0.15) is 0 Å². The van der Waals surface area contributed by atoms with E-state index in [1.807, 2.05) is 31.3 Å². The molecule has 0 bridgehead atoms. The minimum Gasteiger partial charge on any atom is -0.379 e. The molecular formula is C14H18N4O. The Bertz CT molecular complexity index is 520. The third-order valence-electron chi connectivity index (χ3n) is 3.36. The van der Waals surface area contributed by atoms with Gasteiger partial charge in [-0.2, -0.15) is 5.10 Å². The van der Waals surface area contributed by atoms with Crippen LogP contribution in [-0.4, -0.2) is 33.5 Å². The van der Waals surface area contributed by atoms with Crippen LogP contribution < -0.4 is 5.32 Å². The summed E-state index contributed by atoms with van der Waals surface area (Å²) in [4.78, 5) is 4.39. The molecule has 0 unspecified atom stereocenters. The SMILES string of the molecule is CCOC1CC(Nc2cccnc2-n2cccn2)C1. The van der Waals surface area contributed by atoms with E-state index < -0.39 is 0 Å². The lowest BCUT2D eigenvalue weighted by Gasteiger charge is -2.36. The van der Waals surface area contributed by atoms with Crippen molar-refractivity contribution in [2.45, 2.75) is 31.9 Å². The monoisotopic (exact) mass is 258 g/mol. The fourth-order valence-corrected chi connectivity index (χ4v) is 2.36. The number of rotatable bonds is 5. The van der Waals surface area contributed by atoms with Crippen LogP contribution in [-0.2, 0) is 4.74 Å². The first kappa shape index (κ1) is 12.2. The Hall–Kier alpha value is -1.88. The molecule has 1 N–H and O–H groups in total. The molecule has 2 aromatic heterocycles. The van der Waals surface area contributed by atoms with E-state index in [0.29, 0.717) is 12.1 Å². The lowest BCUT2D eigenvalue weighted by atomic mass is 9.89. The summed E-state index contributed by atoms with van der Waals surface area (Å²) in [6.07, 6.45) is 7.96. The van der Waals surface area contributed by atoms with E-state index in [2.05, 4.69) is 15.4 Å². The summed E-state index contributed by atoms with van der Waals surface area (Å²) in [5.74, 6) is 0.840. The second kappa shape index (κ2) is 5.40. The standard InChI is InChI=1S/C14H18N4O/c1-2-19-12-9-11(10-12)17-13-5-3-6-15-14(13)18-8-4-7-16-18/h3-8,11-12,17H,2,9-10H2,1H3. The maximum absolute atomic E-state index is 5.58. The zero-order valence-corrected chi connectivity index (χ0v) is 11.0. The third kappa shape index (κ3) is 2.61. The Labute approximate surface area is 112 Å². The summed E-state index contributed by atoms with van der Waals surface area (Å²) in [5, 5.41) is 7.75. The summed E-state index contributed by atoms with van der Waals surface area (Å²) < 4.78 is 7.35. The van der Waals surface area contributed by atoms with Crippen LogP contribution in [0.4, 0.5) is 5.69 Å². The van der Waals surface area contributed by atoms with Gasteiger partial charge in [-0.1, -0.05) is 0 Å². The quantitative estimate of drug-likeness (QED) is 0.893. The van der Waals surface area contributed by atoms with Gasteiger partial charge < -0.3 is 10.1 Å². The van der Waals surface area contributed by atoms with Crippen LogP contribution in [0.5, 0.6) is 0 Å². The molecule has 0 saturated heterocycles. The topological polar surface area (TPSA) is 52.0 Å². The summed E-state index contributed by atoms with van der Waals surface area (Å²) in [5.41, 5.74) is 1.02. The molecule has 100 valence electrons. The number of hydrogen-bond acceptors (Lipinski definition) is 4. The van der Waals surface area contributed by atoms with Gasteiger partial charge >= 0.3 is 0 Å². The number of ether oxygens (including phenoxy) is 1. The van der Waals surface area contributed by atoms with E-state index in [-0.39, 0.29) is 0 Å². The summed E-state index contributed by atoms with van der Waals surface area (Å²) in [6, 6.07) is 6.34. The van der Waals surface area contributed by atoms with Crippen LogP contribution in [0.2, 0.25) is 0 Å². The molecule has 5 nitrogen and oxygen atoms in total. The maximum Gasteiger partial charge on any atom is 0.176 e. The van der Waals surface area contributed by atoms with Gasteiger partial charge in [0, 0.05) is 31.2 Å². The number of nitrogens with one attached hydrogen (secondary N) is 1. The smallest absolute Gasteiger partial charge is 0.176 e. The molecule has 0 aromatic carbocycles. The van der Waals surface area contributed by atoms with Crippen LogP contribution >= 0.6 is 0 Å². The summed E-state index contributed by atoms with van der Waals surface area (Å²) in [6.45, 7) is 2.83. The van der Waals surface area contributed by atoms with Crippen LogP contribution in [0.25, 0.3) is 5.82 Å². The zero-order chi connectivity index (χ0) is 13.1. The molecule has 0 amide bonds. The van der Waals surface area contributed by atoms with E-state index in [1.54, 1.807) is 17.1 Å². The average Bonchev–Trinajstić information content (AvgIpc) is 2.91. The Kier molecular flexibility index (Phi) is 3.46. The molecular weight excluding hydrogens is 240 g/mol. The van der Waals surface area contributed by atoms with Gasteiger partial charge in [-0.3, -0.25) is 0 Å². The molecule has 1 aliphatic carbocycles. The molecule has 1 saturated carbocycles. The molecule has 0 atom stereocenters. The minimum absolute atomic E-state index is 0.410. The van der Waals surface area contributed by atoms with Crippen molar-refractivity contribution in [3.05, 3.63) is 36.8 Å². The first-order valence-corrected chi connectivity index (χ1v) is 6.70. The largest absolute Gasteiger partial charge is 0.379 e. The molecule has 2 aromatic rings. The van der Waals surface area contributed by atoms with Crippen molar-refractivity contribution in [2.75, 3.05) is 11.9 Å². The van der Waals surface area contributed by atoms with Crippen LogP contribution in [0.3, 0.4) is 0 Å². The molecule has 0 spiro atoms. The lowest BCUT2D eigenvalue weighted by Crippen LogP contribution is -2.41. The number of nitrogens with zero attached hydrogens (tertiary/aromatic N) is 3. The van der Waals surface area contributed by atoms with Crippen molar-refractivity contribution in [1.82, 2.24) is 14.8 Å². The van der Waals surface area contributed by atoms with Gasteiger partial charge in [0.05, 0.1) is 11.8 Å². The van der Waals surface area contributed by atoms with Crippen molar-refractivity contribution in [3.63, 3.8) is 0 Å². The van der Waals surface area contributed by atoms with E-state index in [0.717, 1.165) is 31.0 Å². The fraction of sp³-hybridized carbons (Fsp3) is 0.429. The Morgan fingerprint density at radius 1 is 1.37 bits per heavy atom. The van der Waals surface area contributed by atoms with Crippen molar-refractivity contribution >= 4 is 5.69 Å². The molecule has 0 aliphatic heterocycles. The van der Waals surface area contributed by atoms with Crippen molar-refractivity contribution < 1.29 is 4.74 Å². The van der Waals surface area contributed by atoms with Gasteiger partial charge in [0.25, 0.3) is 0 Å². The van der Waals surface area contributed by atoms with Crippen LogP contribution in [0, 0.1) is 0 Å². The van der Waals surface area contributed by atoms with Gasteiger partial charge in [-0.25, -0.2) is 9.67 Å². The van der Waals surface area contributed by atoms with E-state index in [9.17, 15) is 0 Å². The van der Waals surface area contributed by atoms with Gasteiger partial charge in [0.15, 0.2) is 5.82 Å². The maximum atomic E-state index is 5.58. The number of hydrogen-bond donors (Lipinski definition) is 1. The predicted molar refractivity (Wildman–Crippen MR) is 73.4 cm³/mol. The minimum atomic E-state index is 0.410. The molecule has 19 heavy (non-hydrogen) atoms. The number of aromatic nitrogens is 3. The fourth-order valence-electron chi connectivity index (χ4n) is 2.36. The van der Waals surface area contributed by atoms with Gasteiger partial charge in [0.2, 0.25) is 0 Å². The Morgan fingerprint density at radius 3 is 3.00 bits per heavy atom. The number of anilines is 1. The first-order valence-electron chi connectivity index (χ1n) is 6.70. The van der Waals surface area contributed by atoms with E-state index in [4.69, 9.17) is 4.74 Å². The lowest BCUT2D eigenvalue weighted by molar-refractivity contribution is 0.00298. The van der Waals surface area contributed by atoms with E-state index in [1.165, 1.54) is 0 Å². The Morgan fingerprint density at radius 2 is 2.26 bits per heavy atom. The third-order valence-corrected chi connectivity index (χ3v) is 3.36. The van der Waals surface area contributed by atoms with Crippen LogP contribution in [0.1, 0.15) is 19.8 Å². The van der Waals surface area contributed by atoms with E-state index >= 15 is 0 Å². The second-order valence-corrected chi connectivity index (χ2v) is 4.72. The average molecular weight is 258 g/mol. The van der Waals surface area contributed by atoms with Crippen molar-refractivity contribution in [3.8, 4) is 5.82 Å². The van der Waals surface area contributed by atoms with Gasteiger partial charge in [-0.05, 0) is 38.0 Å². The van der Waals surface area contributed by atoms with Crippen molar-refractivity contribution in [2.24, 2.45) is 0 Å². The molecule has 2 heterocycles. The highest BCUT2D eigenvalue weighted by Gasteiger charge is 2.29. The summed E-state index contributed by atoms with van der Waals surface area (Å²) >= 11 is 0. The highest BCUT2D eigenvalue weighted by molar-refractivity contribution is 5.57. The first-order chi connectivity index (χ1) is 9.36. The molecule has 1 aliphatic rings. The van der Waals surface area contributed by atoms with Crippen LogP contribution in [0.15, 0.2) is 36.8 Å². The molecule has 1 fully saturated rings. The van der Waals surface area contributed by atoms with Crippen molar-refractivity contribution in [1.29, 1.82) is 0 Å². The molecule has 5 heteroatoms. The number of pyridine rings is 1. The summed E-state index contributed by atoms with van der Waals surface area (Å²) in [7, 11) is 0. The highest BCUT2D eigenvalue weighted by Crippen LogP contribution is 2.28. The van der Waals surface area contributed by atoms with Gasteiger partial charge in [-0.15, -0.1) is 0 Å². The second-order valence-electron chi connectivity index (χ2n) is 4.72.